The van der Waals surface area contributed by atoms with Gasteiger partial charge in [-0.25, -0.2) is 0 Å². The second kappa shape index (κ2) is 5.87. The highest BCUT2D eigenvalue weighted by atomic mass is 79.9. The average molecular weight is 307 g/mol. The lowest BCUT2D eigenvalue weighted by Gasteiger charge is -2.00. The molecule has 2 rings (SSSR count). The summed E-state index contributed by atoms with van der Waals surface area (Å²) in [7, 11) is 0. The molecule has 0 spiro atoms. The molecule has 0 unspecified atom stereocenters. The van der Waals surface area contributed by atoms with Crippen molar-refractivity contribution in [2.75, 3.05) is 6.54 Å². The molecule has 2 aromatic rings. The lowest BCUT2D eigenvalue weighted by molar-refractivity contribution is 0.0950. The molecule has 0 aliphatic carbocycles. The quantitative estimate of drug-likeness (QED) is 0.657. The van der Waals surface area contributed by atoms with E-state index in [1.165, 1.54) is 0 Å². The van der Waals surface area contributed by atoms with E-state index in [0.717, 1.165) is 21.8 Å². The summed E-state index contributed by atoms with van der Waals surface area (Å²) in [5.41, 5.74) is 1.57. The van der Waals surface area contributed by atoms with Crippen molar-refractivity contribution in [1.29, 1.82) is 0 Å². The zero-order chi connectivity index (χ0) is 13.0. The third-order valence-electron chi connectivity index (χ3n) is 2.66. The average Bonchev–Trinajstić information content (AvgIpc) is 2.77. The summed E-state index contributed by atoms with van der Waals surface area (Å²) >= 11 is 3.42. The van der Waals surface area contributed by atoms with Crippen LogP contribution < -0.4 is 5.32 Å². The molecule has 0 aliphatic rings. The van der Waals surface area contributed by atoms with Gasteiger partial charge in [0.15, 0.2) is 0 Å². The molecule has 0 bridgehead atoms. The van der Waals surface area contributed by atoms with E-state index >= 15 is 0 Å². The molecule has 3 nitrogen and oxygen atoms in total. The van der Waals surface area contributed by atoms with Crippen molar-refractivity contribution < 1.29 is 4.79 Å². The number of allylic oxidation sites excluding steroid dienone is 1. The van der Waals surface area contributed by atoms with Crippen LogP contribution in [0.2, 0.25) is 0 Å². The Morgan fingerprint density at radius 1 is 1.44 bits per heavy atom. The number of amides is 1. The minimum absolute atomic E-state index is 0.0631. The van der Waals surface area contributed by atoms with Gasteiger partial charge in [0.05, 0.1) is 0 Å². The molecule has 1 amide bonds. The van der Waals surface area contributed by atoms with Crippen LogP contribution in [0.1, 0.15) is 23.8 Å². The van der Waals surface area contributed by atoms with Crippen LogP contribution in [0.25, 0.3) is 10.9 Å². The summed E-state index contributed by atoms with van der Waals surface area (Å²) < 4.78 is 1.01. The molecular formula is C14H15BrN2O. The van der Waals surface area contributed by atoms with Gasteiger partial charge in [0.2, 0.25) is 0 Å². The lowest BCUT2D eigenvalue weighted by Crippen LogP contribution is -2.24. The molecule has 1 heterocycles. The van der Waals surface area contributed by atoms with Gasteiger partial charge in [-0.05, 0) is 37.6 Å². The number of aromatic nitrogens is 1. The van der Waals surface area contributed by atoms with Gasteiger partial charge in [0.1, 0.15) is 5.69 Å². The number of carbonyl (C=O) groups excluding carboxylic acids is 1. The highest BCUT2D eigenvalue weighted by Gasteiger charge is 2.08. The van der Waals surface area contributed by atoms with Gasteiger partial charge in [-0.2, -0.15) is 0 Å². The van der Waals surface area contributed by atoms with Crippen LogP contribution in [0, 0.1) is 0 Å². The Kier molecular flexibility index (Phi) is 4.20. The first-order valence-corrected chi connectivity index (χ1v) is 6.67. The molecular weight excluding hydrogens is 292 g/mol. The van der Waals surface area contributed by atoms with Gasteiger partial charge in [-0.3, -0.25) is 4.79 Å². The van der Waals surface area contributed by atoms with Crippen LogP contribution in [0.15, 0.2) is 40.9 Å². The van der Waals surface area contributed by atoms with E-state index in [4.69, 9.17) is 0 Å². The molecule has 0 aliphatic heterocycles. The Labute approximate surface area is 114 Å². The minimum Gasteiger partial charge on any atom is -0.351 e. The van der Waals surface area contributed by atoms with Crippen LogP contribution in [0.4, 0.5) is 0 Å². The van der Waals surface area contributed by atoms with E-state index in [2.05, 4.69) is 26.2 Å². The Hall–Kier alpha value is -1.55. The van der Waals surface area contributed by atoms with Crippen LogP contribution in [-0.2, 0) is 0 Å². The van der Waals surface area contributed by atoms with Gasteiger partial charge in [-0.15, -0.1) is 0 Å². The molecule has 0 saturated carbocycles. The predicted molar refractivity (Wildman–Crippen MR) is 77.8 cm³/mol. The van der Waals surface area contributed by atoms with Crippen molar-refractivity contribution in [3.63, 3.8) is 0 Å². The van der Waals surface area contributed by atoms with Gasteiger partial charge in [-0.1, -0.05) is 28.1 Å². The Balaban J connectivity index is 2.08. The summed E-state index contributed by atoms with van der Waals surface area (Å²) in [5, 5.41) is 3.91. The number of fused-ring (bicyclic) bond motifs is 1. The van der Waals surface area contributed by atoms with Crippen LogP contribution >= 0.6 is 15.9 Å². The molecule has 0 radical (unpaired) electrons. The van der Waals surface area contributed by atoms with Crippen molar-refractivity contribution in [3.8, 4) is 0 Å². The second-order valence-electron chi connectivity index (χ2n) is 4.03. The molecule has 2 N–H and O–H groups in total. The summed E-state index contributed by atoms with van der Waals surface area (Å²) in [6, 6.07) is 7.76. The maximum absolute atomic E-state index is 11.9. The molecule has 0 fully saturated rings. The molecule has 0 atom stereocenters. The fourth-order valence-corrected chi connectivity index (χ4v) is 2.14. The third-order valence-corrected chi connectivity index (χ3v) is 3.15. The minimum atomic E-state index is -0.0631. The number of nitrogens with one attached hydrogen (secondary N) is 2. The number of carbonyl (C=O) groups is 1. The van der Waals surface area contributed by atoms with Crippen LogP contribution in [0.5, 0.6) is 0 Å². The Morgan fingerprint density at radius 3 is 3.06 bits per heavy atom. The van der Waals surface area contributed by atoms with E-state index in [1.54, 1.807) is 0 Å². The number of hydrogen-bond acceptors (Lipinski definition) is 1. The maximum atomic E-state index is 11.9. The first-order valence-electron chi connectivity index (χ1n) is 5.88. The smallest absolute Gasteiger partial charge is 0.267 e. The fraction of sp³-hybridized carbons (Fsp3) is 0.214. The summed E-state index contributed by atoms with van der Waals surface area (Å²) in [4.78, 5) is 15.0. The van der Waals surface area contributed by atoms with Gasteiger partial charge >= 0.3 is 0 Å². The number of hydrogen-bond donors (Lipinski definition) is 2. The SMILES string of the molecule is C/C=C/CCNC(=O)c1cc2cc(Br)ccc2[nH]1. The molecule has 1 aromatic heterocycles. The number of H-pyrrole nitrogens is 1. The first-order chi connectivity index (χ1) is 8.70. The normalized spacial score (nSPS) is 11.2. The van der Waals surface area contributed by atoms with E-state index < -0.39 is 0 Å². The Morgan fingerprint density at radius 2 is 2.28 bits per heavy atom. The van der Waals surface area contributed by atoms with Gasteiger partial charge < -0.3 is 10.3 Å². The van der Waals surface area contributed by atoms with Crippen molar-refractivity contribution in [2.24, 2.45) is 0 Å². The summed E-state index contributed by atoms with van der Waals surface area (Å²) in [6.07, 6.45) is 4.86. The highest BCUT2D eigenvalue weighted by molar-refractivity contribution is 9.10. The lowest BCUT2D eigenvalue weighted by atomic mass is 10.2. The largest absolute Gasteiger partial charge is 0.351 e. The number of halogens is 1. The number of rotatable bonds is 4. The fourth-order valence-electron chi connectivity index (χ4n) is 1.76. The zero-order valence-electron chi connectivity index (χ0n) is 10.2. The van der Waals surface area contributed by atoms with E-state index in [1.807, 2.05) is 43.3 Å². The summed E-state index contributed by atoms with van der Waals surface area (Å²) in [5.74, 6) is -0.0631. The van der Waals surface area contributed by atoms with Crippen molar-refractivity contribution >= 4 is 32.7 Å². The molecule has 0 saturated heterocycles. The number of aromatic amines is 1. The topological polar surface area (TPSA) is 44.9 Å². The van der Waals surface area contributed by atoms with Crippen LogP contribution in [-0.4, -0.2) is 17.4 Å². The predicted octanol–water partition coefficient (Wildman–Crippen LogP) is 3.63. The monoisotopic (exact) mass is 306 g/mol. The standard InChI is InChI=1S/C14H15BrN2O/c1-2-3-4-7-16-14(18)13-9-10-8-11(15)5-6-12(10)17-13/h2-3,5-6,8-9,17H,4,7H2,1H3,(H,16,18)/b3-2+. The van der Waals surface area contributed by atoms with E-state index in [-0.39, 0.29) is 5.91 Å². The van der Waals surface area contributed by atoms with Gasteiger partial charge in [0, 0.05) is 21.9 Å². The summed E-state index contributed by atoms with van der Waals surface area (Å²) in [6.45, 7) is 2.62. The van der Waals surface area contributed by atoms with Crippen molar-refractivity contribution in [3.05, 3.63) is 46.6 Å². The Bertz CT molecular complexity index is 586. The maximum Gasteiger partial charge on any atom is 0.267 e. The second-order valence-corrected chi connectivity index (χ2v) is 4.94. The van der Waals surface area contributed by atoms with Crippen LogP contribution in [0.3, 0.4) is 0 Å². The third kappa shape index (κ3) is 3.01. The molecule has 94 valence electrons. The highest BCUT2D eigenvalue weighted by Crippen LogP contribution is 2.20. The first kappa shape index (κ1) is 12.9. The molecule has 4 heteroatoms. The van der Waals surface area contributed by atoms with Crippen molar-refractivity contribution in [2.45, 2.75) is 13.3 Å². The molecule has 1 aromatic carbocycles. The van der Waals surface area contributed by atoms with E-state index in [9.17, 15) is 4.79 Å². The number of benzene rings is 1. The van der Waals surface area contributed by atoms with E-state index in [0.29, 0.717) is 12.2 Å². The molecule has 18 heavy (non-hydrogen) atoms. The van der Waals surface area contributed by atoms with Gasteiger partial charge in [0.25, 0.3) is 5.91 Å². The van der Waals surface area contributed by atoms with Crippen molar-refractivity contribution in [1.82, 2.24) is 10.3 Å². The zero-order valence-corrected chi connectivity index (χ0v) is 11.8.